The van der Waals surface area contributed by atoms with E-state index in [1.807, 2.05) is 51.1 Å². The Hall–Kier alpha value is -1.37. The highest BCUT2D eigenvalue weighted by Crippen LogP contribution is 2.26. The Labute approximate surface area is 91.8 Å². The molecule has 0 spiro atoms. The van der Waals surface area contributed by atoms with E-state index in [1.54, 1.807) is 0 Å². The van der Waals surface area contributed by atoms with E-state index in [4.69, 9.17) is 0 Å². The fraction of sp³-hybridized carbons (Fsp3) is 0.357. The molecule has 1 nitrogen and oxygen atoms in total. The number of ketones is 1. The van der Waals surface area contributed by atoms with Gasteiger partial charge in [-0.3, -0.25) is 4.79 Å². The molecule has 0 aliphatic heterocycles. The van der Waals surface area contributed by atoms with Crippen molar-refractivity contribution in [1.29, 1.82) is 0 Å². The van der Waals surface area contributed by atoms with Crippen molar-refractivity contribution in [1.82, 2.24) is 0 Å². The van der Waals surface area contributed by atoms with E-state index >= 15 is 0 Å². The van der Waals surface area contributed by atoms with E-state index in [0.29, 0.717) is 6.42 Å². The summed E-state index contributed by atoms with van der Waals surface area (Å²) in [7, 11) is 0. The van der Waals surface area contributed by atoms with Gasteiger partial charge in [-0.25, -0.2) is 0 Å². The van der Waals surface area contributed by atoms with E-state index in [-0.39, 0.29) is 5.78 Å². The first kappa shape index (κ1) is 11.7. The molecular formula is C14H18O. The number of hydrogen-bond donors (Lipinski definition) is 0. The molecule has 1 aromatic carbocycles. The minimum Gasteiger partial charge on any atom is -0.298 e. The van der Waals surface area contributed by atoms with Crippen molar-refractivity contribution in [3.8, 4) is 0 Å². The first-order valence-electron chi connectivity index (χ1n) is 5.18. The zero-order valence-corrected chi connectivity index (χ0v) is 9.71. The summed E-state index contributed by atoms with van der Waals surface area (Å²) >= 11 is 0. The molecule has 0 N–H and O–H groups in total. The zero-order valence-electron chi connectivity index (χ0n) is 9.71. The number of benzene rings is 1. The summed E-state index contributed by atoms with van der Waals surface area (Å²) in [4.78, 5) is 12.0. The predicted molar refractivity (Wildman–Crippen MR) is 63.9 cm³/mol. The smallest absolute Gasteiger partial charge is 0.146 e. The fourth-order valence-electron chi connectivity index (χ4n) is 1.51. The Balaban J connectivity index is 2.92. The topological polar surface area (TPSA) is 17.1 Å². The molecule has 1 rings (SSSR count). The van der Waals surface area contributed by atoms with Gasteiger partial charge in [0.15, 0.2) is 0 Å². The van der Waals surface area contributed by atoms with Crippen LogP contribution in [0.3, 0.4) is 0 Å². The molecule has 0 aromatic heterocycles. The number of rotatable bonds is 4. The van der Waals surface area contributed by atoms with Crippen LogP contribution in [0.1, 0.15) is 32.8 Å². The lowest BCUT2D eigenvalue weighted by molar-refractivity contribution is -0.122. The standard InChI is InChI=1S/C14H18O/c1-11(2)10-13(15)14(3,4)12-8-6-5-7-9-12/h5-9H,1,10H2,2-4H3. The monoisotopic (exact) mass is 202 g/mol. The van der Waals surface area contributed by atoms with Gasteiger partial charge >= 0.3 is 0 Å². The van der Waals surface area contributed by atoms with Crippen LogP contribution in [0.15, 0.2) is 42.5 Å². The van der Waals surface area contributed by atoms with Gasteiger partial charge < -0.3 is 0 Å². The van der Waals surface area contributed by atoms with E-state index in [2.05, 4.69) is 6.58 Å². The molecule has 0 heterocycles. The molecule has 0 radical (unpaired) electrons. The fourth-order valence-corrected chi connectivity index (χ4v) is 1.51. The molecule has 0 fully saturated rings. The Morgan fingerprint density at radius 2 is 1.80 bits per heavy atom. The maximum Gasteiger partial charge on any atom is 0.146 e. The van der Waals surface area contributed by atoms with Crippen molar-refractivity contribution in [2.24, 2.45) is 0 Å². The molecule has 15 heavy (non-hydrogen) atoms. The highest BCUT2D eigenvalue weighted by atomic mass is 16.1. The molecule has 0 atom stereocenters. The van der Waals surface area contributed by atoms with Crippen LogP contribution in [0.2, 0.25) is 0 Å². The number of carbonyl (C=O) groups excluding carboxylic acids is 1. The molecule has 0 aliphatic rings. The Morgan fingerprint density at radius 3 is 2.27 bits per heavy atom. The second-order valence-electron chi connectivity index (χ2n) is 4.55. The SMILES string of the molecule is C=C(C)CC(=O)C(C)(C)c1ccccc1. The molecular weight excluding hydrogens is 184 g/mol. The Bertz CT molecular complexity index is 360. The Kier molecular flexibility index (Phi) is 3.46. The van der Waals surface area contributed by atoms with Gasteiger partial charge in [0.25, 0.3) is 0 Å². The lowest BCUT2D eigenvalue weighted by atomic mass is 9.79. The second-order valence-corrected chi connectivity index (χ2v) is 4.55. The van der Waals surface area contributed by atoms with Crippen LogP contribution >= 0.6 is 0 Å². The van der Waals surface area contributed by atoms with Crippen LogP contribution in [0.4, 0.5) is 0 Å². The first-order valence-corrected chi connectivity index (χ1v) is 5.18. The van der Waals surface area contributed by atoms with Gasteiger partial charge in [0, 0.05) is 11.8 Å². The van der Waals surface area contributed by atoms with E-state index in [0.717, 1.165) is 11.1 Å². The third-order valence-electron chi connectivity index (χ3n) is 2.65. The van der Waals surface area contributed by atoms with Gasteiger partial charge in [-0.2, -0.15) is 0 Å². The van der Waals surface area contributed by atoms with Crippen molar-refractivity contribution < 1.29 is 4.79 Å². The van der Waals surface area contributed by atoms with Crippen molar-refractivity contribution in [2.75, 3.05) is 0 Å². The van der Waals surface area contributed by atoms with Crippen LogP contribution in [0.5, 0.6) is 0 Å². The molecule has 1 heteroatoms. The minimum atomic E-state index is -0.416. The molecule has 0 saturated heterocycles. The van der Waals surface area contributed by atoms with E-state index in [1.165, 1.54) is 0 Å². The molecule has 0 bridgehead atoms. The van der Waals surface area contributed by atoms with Crippen LogP contribution < -0.4 is 0 Å². The van der Waals surface area contributed by atoms with Crippen molar-refractivity contribution in [3.63, 3.8) is 0 Å². The number of allylic oxidation sites excluding steroid dienone is 1. The normalized spacial score (nSPS) is 11.1. The second kappa shape index (κ2) is 4.43. The highest BCUT2D eigenvalue weighted by Gasteiger charge is 2.28. The van der Waals surface area contributed by atoms with Gasteiger partial charge in [-0.1, -0.05) is 42.5 Å². The highest BCUT2D eigenvalue weighted by molar-refractivity contribution is 5.90. The Morgan fingerprint density at radius 1 is 1.27 bits per heavy atom. The number of hydrogen-bond acceptors (Lipinski definition) is 1. The molecule has 0 saturated carbocycles. The molecule has 80 valence electrons. The lowest BCUT2D eigenvalue weighted by Gasteiger charge is -2.23. The number of carbonyl (C=O) groups is 1. The van der Waals surface area contributed by atoms with Crippen LogP contribution in [-0.4, -0.2) is 5.78 Å². The lowest BCUT2D eigenvalue weighted by Crippen LogP contribution is -2.28. The minimum absolute atomic E-state index is 0.223. The molecule has 1 aromatic rings. The van der Waals surface area contributed by atoms with Crippen LogP contribution in [0, 0.1) is 0 Å². The van der Waals surface area contributed by atoms with Crippen LogP contribution in [0.25, 0.3) is 0 Å². The van der Waals surface area contributed by atoms with Gasteiger partial charge in [0.2, 0.25) is 0 Å². The molecule has 0 aliphatic carbocycles. The van der Waals surface area contributed by atoms with Crippen molar-refractivity contribution >= 4 is 5.78 Å². The maximum atomic E-state index is 12.0. The summed E-state index contributed by atoms with van der Waals surface area (Å²) in [5.41, 5.74) is 1.57. The summed E-state index contributed by atoms with van der Waals surface area (Å²) in [6.07, 6.45) is 0.460. The van der Waals surface area contributed by atoms with Gasteiger partial charge in [-0.15, -0.1) is 0 Å². The number of Topliss-reactive ketones (excluding diaryl/α,β-unsaturated/α-hetero) is 1. The summed E-state index contributed by atoms with van der Waals surface area (Å²) < 4.78 is 0. The van der Waals surface area contributed by atoms with Crippen molar-refractivity contribution in [3.05, 3.63) is 48.0 Å². The van der Waals surface area contributed by atoms with Gasteiger partial charge in [0.05, 0.1) is 0 Å². The summed E-state index contributed by atoms with van der Waals surface area (Å²) in [6.45, 7) is 9.60. The maximum absolute atomic E-state index is 12.0. The van der Waals surface area contributed by atoms with E-state index < -0.39 is 5.41 Å². The average Bonchev–Trinajstić information content (AvgIpc) is 2.18. The first-order chi connectivity index (χ1) is 6.94. The third kappa shape index (κ3) is 2.79. The third-order valence-corrected chi connectivity index (χ3v) is 2.65. The largest absolute Gasteiger partial charge is 0.298 e. The quantitative estimate of drug-likeness (QED) is 0.683. The average molecular weight is 202 g/mol. The zero-order chi connectivity index (χ0) is 11.5. The van der Waals surface area contributed by atoms with E-state index in [9.17, 15) is 4.79 Å². The van der Waals surface area contributed by atoms with Crippen LogP contribution in [-0.2, 0) is 10.2 Å². The molecule has 0 amide bonds. The van der Waals surface area contributed by atoms with Gasteiger partial charge in [0.1, 0.15) is 5.78 Å². The van der Waals surface area contributed by atoms with Gasteiger partial charge in [-0.05, 0) is 26.3 Å². The predicted octanol–water partition coefficient (Wildman–Crippen LogP) is 3.50. The summed E-state index contributed by atoms with van der Waals surface area (Å²) in [5, 5.41) is 0. The summed E-state index contributed by atoms with van der Waals surface area (Å²) in [6, 6.07) is 9.88. The van der Waals surface area contributed by atoms with Crippen molar-refractivity contribution in [2.45, 2.75) is 32.6 Å². The summed E-state index contributed by atoms with van der Waals surface area (Å²) in [5.74, 6) is 0.223. The molecule has 0 unspecified atom stereocenters.